The second-order valence-electron chi connectivity index (χ2n) is 3.01. The number of furan rings is 1. The average Bonchev–Trinajstić information content (AvgIpc) is 2.72. The number of hydrogen-bond donors (Lipinski definition) is 1. The van der Waals surface area contributed by atoms with Crippen molar-refractivity contribution in [1.82, 2.24) is 4.90 Å². The fourth-order valence-electron chi connectivity index (χ4n) is 1.30. The molecule has 1 saturated heterocycles. The maximum absolute atomic E-state index is 11.6. The van der Waals surface area contributed by atoms with Gasteiger partial charge in [0.1, 0.15) is 0 Å². The number of anilines is 1. The summed E-state index contributed by atoms with van der Waals surface area (Å²) in [7, 11) is 0. The Morgan fingerprint density at radius 3 is 2.86 bits per heavy atom. The Morgan fingerprint density at radius 2 is 2.21 bits per heavy atom. The molecule has 5 heteroatoms. The highest BCUT2D eigenvalue weighted by atomic mass is 16.5. The molecule has 0 atom stereocenters. The van der Waals surface area contributed by atoms with E-state index in [1.165, 1.54) is 6.26 Å². The number of amides is 2. The monoisotopic (exact) mass is 196 g/mol. The number of ether oxygens (including phenoxy) is 1. The summed E-state index contributed by atoms with van der Waals surface area (Å²) in [5, 5.41) is 2.66. The molecule has 14 heavy (non-hydrogen) atoms. The van der Waals surface area contributed by atoms with Crippen LogP contribution in [0.25, 0.3) is 0 Å². The number of morpholine rings is 1. The van der Waals surface area contributed by atoms with E-state index in [-0.39, 0.29) is 6.03 Å². The molecule has 2 amide bonds. The van der Waals surface area contributed by atoms with Crippen LogP contribution in [-0.2, 0) is 4.74 Å². The molecule has 1 aromatic heterocycles. The van der Waals surface area contributed by atoms with E-state index in [4.69, 9.17) is 9.15 Å². The van der Waals surface area contributed by atoms with Crippen LogP contribution in [0.5, 0.6) is 0 Å². The van der Waals surface area contributed by atoms with Gasteiger partial charge >= 0.3 is 6.03 Å². The quantitative estimate of drug-likeness (QED) is 0.732. The third-order valence-corrected chi connectivity index (χ3v) is 2.05. The van der Waals surface area contributed by atoms with Gasteiger partial charge in [0.05, 0.1) is 19.5 Å². The van der Waals surface area contributed by atoms with Crippen molar-refractivity contribution >= 4 is 11.9 Å². The normalized spacial score (nSPS) is 16.7. The van der Waals surface area contributed by atoms with Gasteiger partial charge in [-0.2, -0.15) is 0 Å². The van der Waals surface area contributed by atoms with Crippen LogP contribution in [0.2, 0.25) is 0 Å². The predicted molar refractivity (Wildman–Crippen MR) is 50.1 cm³/mol. The molecule has 1 N–H and O–H groups in total. The van der Waals surface area contributed by atoms with Gasteiger partial charge in [-0.3, -0.25) is 5.32 Å². The molecule has 0 aliphatic carbocycles. The first-order valence-electron chi connectivity index (χ1n) is 4.53. The van der Waals surface area contributed by atoms with Crippen molar-refractivity contribution in [3.63, 3.8) is 0 Å². The van der Waals surface area contributed by atoms with Crippen molar-refractivity contribution in [3.05, 3.63) is 18.4 Å². The molecule has 2 rings (SSSR count). The van der Waals surface area contributed by atoms with Gasteiger partial charge in [0.2, 0.25) is 5.88 Å². The molecule has 0 spiro atoms. The molecule has 5 nitrogen and oxygen atoms in total. The summed E-state index contributed by atoms with van der Waals surface area (Å²) in [6.07, 6.45) is 1.52. The minimum Gasteiger partial charge on any atom is -0.449 e. The molecule has 0 unspecified atom stereocenters. The number of nitrogens with zero attached hydrogens (tertiary/aromatic N) is 1. The maximum Gasteiger partial charge on any atom is 0.324 e. The Kier molecular flexibility index (Phi) is 2.69. The Labute approximate surface area is 81.6 Å². The SMILES string of the molecule is O=C(Nc1ccco1)N1CCOCC1. The van der Waals surface area contributed by atoms with E-state index < -0.39 is 0 Å². The van der Waals surface area contributed by atoms with Gasteiger partial charge < -0.3 is 14.1 Å². The molecule has 1 fully saturated rings. The Bertz CT molecular complexity index is 291. The molecule has 0 bridgehead atoms. The highest BCUT2D eigenvalue weighted by Gasteiger charge is 2.16. The smallest absolute Gasteiger partial charge is 0.324 e. The Balaban J connectivity index is 1.88. The van der Waals surface area contributed by atoms with Crippen molar-refractivity contribution in [3.8, 4) is 0 Å². The number of rotatable bonds is 1. The third-order valence-electron chi connectivity index (χ3n) is 2.05. The Morgan fingerprint density at radius 1 is 1.43 bits per heavy atom. The summed E-state index contributed by atoms with van der Waals surface area (Å²) in [5.74, 6) is 0.474. The van der Waals surface area contributed by atoms with Crippen molar-refractivity contribution in [2.24, 2.45) is 0 Å². The van der Waals surface area contributed by atoms with E-state index in [1.54, 1.807) is 17.0 Å². The molecule has 1 aromatic rings. The van der Waals surface area contributed by atoms with Gasteiger partial charge in [-0.05, 0) is 6.07 Å². The zero-order valence-electron chi connectivity index (χ0n) is 7.73. The van der Waals surface area contributed by atoms with E-state index in [0.717, 1.165) is 0 Å². The first-order valence-corrected chi connectivity index (χ1v) is 4.53. The lowest BCUT2D eigenvalue weighted by molar-refractivity contribution is 0.0563. The molecular formula is C9H12N2O3. The summed E-state index contributed by atoms with van der Waals surface area (Å²) in [4.78, 5) is 13.3. The molecule has 76 valence electrons. The van der Waals surface area contributed by atoms with Crippen LogP contribution in [0.15, 0.2) is 22.8 Å². The van der Waals surface area contributed by atoms with Gasteiger partial charge in [-0.25, -0.2) is 4.79 Å². The number of hydrogen-bond acceptors (Lipinski definition) is 3. The molecule has 0 saturated carbocycles. The molecule has 2 heterocycles. The topological polar surface area (TPSA) is 54.7 Å². The van der Waals surface area contributed by atoms with Crippen LogP contribution in [-0.4, -0.2) is 37.2 Å². The van der Waals surface area contributed by atoms with Crippen molar-refractivity contribution in [2.75, 3.05) is 31.6 Å². The van der Waals surface area contributed by atoms with Crippen molar-refractivity contribution in [2.45, 2.75) is 0 Å². The van der Waals surface area contributed by atoms with Gasteiger partial charge in [-0.15, -0.1) is 0 Å². The summed E-state index contributed by atoms with van der Waals surface area (Å²) in [5.41, 5.74) is 0. The molecule has 0 radical (unpaired) electrons. The van der Waals surface area contributed by atoms with Gasteiger partial charge in [0.15, 0.2) is 0 Å². The lowest BCUT2D eigenvalue weighted by Crippen LogP contribution is -2.42. The number of nitrogens with one attached hydrogen (secondary N) is 1. The molecular weight excluding hydrogens is 184 g/mol. The summed E-state index contributed by atoms with van der Waals surface area (Å²) < 4.78 is 10.1. The van der Waals surface area contributed by atoms with E-state index in [0.29, 0.717) is 32.2 Å². The van der Waals surface area contributed by atoms with Crippen LogP contribution in [0.3, 0.4) is 0 Å². The summed E-state index contributed by atoms with van der Waals surface area (Å²) in [6, 6.07) is 3.30. The van der Waals surface area contributed by atoms with E-state index in [1.807, 2.05) is 0 Å². The zero-order valence-corrected chi connectivity index (χ0v) is 7.73. The van der Waals surface area contributed by atoms with Crippen LogP contribution in [0.4, 0.5) is 10.7 Å². The van der Waals surface area contributed by atoms with Gasteiger partial charge in [-0.1, -0.05) is 0 Å². The van der Waals surface area contributed by atoms with Gasteiger partial charge in [0.25, 0.3) is 0 Å². The third kappa shape index (κ3) is 2.05. The lowest BCUT2D eigenvalue weighted by atomic mass is 10.4. The second kappa shape index (κ2) is 4.15. The highest BCUT2D eigenvalue weighted by molar-refractivity contribution is 5.87. The average molecular weight is 196 g/mol. The first-order chi connectivity index (χ1) is 6.86. The van der Waals surface area contributed by atoms with Crippen molar-refractivity contribution < 1.29 is 13.9 Å². The lowest BCUT2D eigenvalue weighted by Gasteiger charge is -2.26. The van der Waals surface area contributed by atoms with Crippen LogP contribution in [0, 0.1) is 0 Å². The van der Waals surface area contributed by atoms with E-state index in [2.05, 4.69) is 5.32 Å². The number of urea groups is 1. The summed E-state index contributed by atoms with van der Waals surface area (Å²) >= 11 is 0. The molecule has 0 aromatic carbocycles. The fraction of sp³-hybridized carbons (Fsp3) is 0.444. The first kappa shape index (κ1) is 9.08. The maximum atomic E-state index is 11.6. The minimum absolute atomic E-state index is 0.136. The number of carbonyl (C=O) groups is 1. The largest absolute Gasteiger partial charge is 0.449 e. The molecule has 1 aliphatic rings. The number of carbonyl (C=O) groups excluding carboxylic acids is 1. The second-order valence-corrected chi connectivity index (χ2v) is 3.01. The predicted octanol–water partition coefficient (Wildman–Crippen LogP) is 1.14. The molecule has 1 aliphatic heterocycles. The van der Waals surface area contributed by atoms with E-state index >= 15 is 0 Å². The Hall–Kier alpha value is -1.49. The van der Waals surface area contributed by atoms with Gasteiger partial charge in [0, 0.05) is 19.2 Å². The zero-order chi connectivity index (χ0) is 9.80. The summed E-state index contributed by atoms with van der Waals surface area (Å²) in [6.45, 7) is 2.47. The fourth-order valence-corrected chi connectivity index (χ4v) is 1.30. The highest BCUT2D eigenvalue weighted by Crippen LogP contribution is 2.08. The van der Waals surface area contributed by atoms with Crippen LogP contribution >= 0.6 is 0 Å². The standard InChI is InChI=1S/C9H12N2O3/c12-9(10-8-2-1-5-14-8)11-3-6-13-7-4-11/h1-2,5H,3-4,6-7H2,(H,10,12). The van der Waals surface area contributed by atoms with Crippen LogP contribution in [0.1, 0.15) is 0 Å². The van der Waals surface area contributed by atoms with Crippen LogP contribution < -0.4 is 5.32 Å². The van der Waals surface area contributed by atoms with Crippen molar-refractivity contribution in [1.29, 1.82) is 0 Å². The van der Waals surface area contributed by atoms with E-state index in [9.17, 15) is 4.79 Å². The minimum atomic E-state index is -0.136.